The highest BCUT2D eigenvalue weighted by Gasteiger charge is 2.52. The molecule has 1 aliphatic heterocycles. The number of nitrogens with one attached hydrogen (secondary N) is 2. The average molecular weight is 341 g/mol. The Morgan fingerprint density at radius 1 is 1.29 bits per heavy atom. The van der Waals surface area contributed by atoms with E-state index in [2.05, 4.69) is 10.1 Å². The van der Waals surface area contributed by atoms with Crippen LogP contribution in [0.1, 0.15) is 32.6 Å². The highest BCUT2D eigenvalue weighted by molar-refractivity contribution is 6.09. The van der Waals surface area contributed by atoms with Crippen molar-refractivity contribution < 1.29 is 33.4 Å². The Morgan fingerprint density at radius 3 is 2.50 bits per heavy atom. The van der Waals surface area contributed by atoms with Crippen LogP contribution in [-0.4, -0.2) is 60.1 Å². The lowest BCUT2D eigenvalue weighted by molar-refractivity contribution is -0.156. The summed E-state index contributed by atoms with van der Waals surface area (Å²) in [4.78, 5) is 59.5. The summed E-state index contributed by atoms with van der Waals surface area (Å²) in [6.45, 7) is 0.656. The van der Waals surface area contributed by atoms with Gasteiger partial charge in [0.2, 0.25) is 0 Å². The lowest BCUT2D eigenvalue weighted by Crippen LogP contribution is -2.45. The maximum Gasteiger partial charge on any atom is 0.413 e. The molecule has 1 atom stereocenters. The minimum atomic E-state index is -1.28. The number of alkyl carbamates (subject to hydrolysis) is 1. The Bertz CT molecular complexity index is 583. The molecule has 10 nitrogen and oxygen atoms in total. The van der Waals surface area contributed by atoms with Gasteiger partial charge < -0.3 is 14.8 Å². The van der Waals surface area contributed by atoms with E-state index >= 15 is 0 Å². The number of rotatable bonds is 4. The summed E-state index contributed by atoms with van der Waals surface area (Å²) < 4.78 is 9.08. The largest absolute Gasteiger partial charge is 0.453 e. The first-order chi connectivity index (χ1) is 11.3. The molecule has 1 heterocycles. The van der Waals surface area contributed by atoms with Gasteiger partial charge in [0.15, 0.2) is 6.10 Å². The Labute approximate surface area is 137 Å². The number of ether oxygens (including phenoxy) is 2. The fraction of sp³-hybridized carbons (Fsp3) is 0.643. The van der Waals surface area contributed by atoms with Crippen LogP contribution < -0.4 is 10.6 Å². The Morgan fingerprint density at radius 2 is 1.92 bits per heavy atom. The first-order valence-electron chi connectivity index (χ1n) is 7.51. The molecule has 24 heavy (non-hydrogen) atoms. The van der Waals surface area contributed by atoms with E-state index in [0.717, 1.165) is 24.9 Å². The maximum atomic E-state index is 12.4. The van der Waals surface area contributed by atoms with Crippen molar-refractivity contribution in [2.75, 3.05) is 13.7 Å². The smallest absolute Gasteiger partial charge is 0.413 e. The van der Waals surface area contributed by atoms with Crippen LogP contribution in [0.4, 0.5) is 9.59 Å². The number of amides is 5. The third-order valence-electron chi connectivity index (χ3n) is 4.08. The number of imide groups is 2. The number of hydrogen-bond donors (Lipinski definition) is 2. The molecule has 5 amide bonds. The Balaban J connectivity index is 1.90. The molecule has 10 heteroatoms. The van der Waals surface area contributed by atoms with Gasteiger partial charge in [-0.15, -0.1) is 0 Å². The molecule has 0 aromatic rings. The highest BCUT2D eigenvalue weighted by Crippen LogP contribution is 2.34. The molecule has 2 aliphatic rings. The molecule has 1 saturated heterocycles. The van der Waals surface area contributed by atoms with Crippen molar-refractivity contribution in [3.05, 3.63) is 0 Å². The zero-order valence-corrected chi connectivity index (χ0v) is 13.4. The minimum absolute atomic E-state index is 0.450. The molecule has 2 fully saturated rings. The Hall–Kier alpha value is -2.65. The van der Waals surface area contributed by atoms with E-state index in [0.29, 0.717) is 12.8 Å². The quantitative estimate of drug-likeness (QED) is 0.528. The van der Waals surface area contributed by atoms with Crippen molar-refractivity contribution in [2.24, 2.45) is 0 Å². The van der Waals surface area contributed by atoms with Crippen LogP contribution in [-0.2, 0) is 23.9 Å². The fourth-order valence-electron chi connectivity index (χ4n) is 2.81. The number of nitrogens with zero attached hydrogens (tertiary/aromatic N) is 1. The summed E-state index contributed by atoms with van der Waals surface area (Å²) in [6.07, 6.45) is 0.477. The molecule has 2 N–H and O–H groups in total. The molecule has 1 saturated carbocycles. The van der Waals surface area contributed by atoms with E-state index in [-0.39, 0.29) is 0 Å². The van der Waals surface area contributed by atoms with Crippen LogP contribution in [0, 0.1) is 0 Å². The van der Waals surface area contributed by atoms with Gasteiger partial charge in [0, 0.05) is 0 Å². The number of urea groups is 1. The van der Waals surface area contributed by atoms with Crippen LogP contribution in [0.25, 0.3) is 0 Å². The predicted octanol–water partition coefficient (Wildman–Crippen LogP) is -0.335. The minimum Gasteiger partial charge on any atom is -0.453 e. The van der Waals surface area contributed by atoms with Crippen LogP contribution in [0.2, 0.25) is 0 Å². The van der Waals surface area contributed by atoms with Gasteiger partial charge in [-0.05, 0) is 19.8 Å². The highest BCUT2D eigenvalue weighted by atomic mass is 16.6. The second-order valence-electron chi connectivity index (χ2n) is 5.72. The summed E-state index contributed by atoms with van der Waals surface area (Å²) in [7, 11) is 1.08. The lowest BCUT2D eigenvalue weighted by Gasteiger charge is -2.20. The standard InChI is InChI=1S/C14H19N3O7/c1-8(10(19)15-13(22)23-2)24-9(18)7-17-11(20)14(16-12(17)21)5-3-4-6-14/h8H,3-7H2,1-2H3,(H,16,21)(H,15,19,22)/t8-/m1/s1. The van der Waals surface area contributed by atoms with Crippen LogP contribution in [0.3, 0.4) is 0 Å². The van der Waals surface area contributed by atoms with E-state index in [1.807, 2.05) is 5.32 Å². The fourth-order valence-corrected chi connectivity index (χ4v) is 2.81. The summed E-state index contributed by atoms with van der Waals surface area (Å²) in [5, 5.41) is 4.48. The van der Waals surface area contributed by atoms with Crippen LogP contribution in [0.15, 0.2) is 0 Å². The number of carbonyl (C=O) groups is 5. The predicted molar refractivity (Wildman–Crippen MR) is 77.5 cm³/mol. The molecular weight excluding hydrogens is 322 g/mol. The normalized spacial score (nSPS) is 19.8. The number of methoxy groups -OCH3 is 1. The third kappa shape index (κ3) is 3.47. The molecule has 1 aliphatic carbocycles. The zero-order valence-electron chi connectivity index (χ0n) is 13.4. The Kier molecular flexibility index (Phi) is 5.05. The number of carbonyl (C=O) groups excluding carboxylic acids is 5. The van der Waals surface area contributed by atoms with Crippen molar-refractivity contribution in [3.8, 4) is 0 Å². The summed E-state index contributed by atoms with van der Waals surface area (Å²) in [5.41, 5.74) is -0.911. The van der Waals surface area contributed by atoms with E-state index < -0.39 is 48.1 Å². The molecule has 0 bridgehead atoms. The van der Waals surface area contributed by atoms with Crippen LogP contribution in [0.5, 0.6) is 0 Å². The third-order valence-corrected chi connectivity index (χ3v) is 4.08. The SMILES string of the molecule is COC(=O)NC(=O)[C@@H](C)OC(=O)CN1C(=O)NC2(CCCC2)C1=O. The van der Waals surface area contributed by atoms with Gasteiger partial charge in [-0.2, -0.15) is 0 Å². The van der Waals surface area contributed by atoms with E-state index in [1.54, 1.807) is 0 Å². The van der Waals surface area contributed by atoms with Crippen molar-refractivity contribution >= 4 is 29.9 Å². The van der Waals surface area contributed by atoms with Gasteiger partial charge >= 0.3 is 18.1 Å². The van der Waals surface area contributed by atoms with Crippen LogP contribution >= 0.6 is 0 Å². The van der Waals surface area contributed by atoms with Crippen molar-refractivity contribution in [1.29, 1.82) is 0 Å². The maximum absolute atomic E-state index is 12.4. The molecule has 0 aromatic heterocycles. The first kappa shape index (κ1) is 17.7. The number of esters is 1. The van der Waals surface area contributed by atoms with Gasteiger partial charge in [0.25, 0.3) is 11.8 Å². The molecule has 0 unspecified atom stereocenters. The average Bonchev–Trinajstić information content (AvgIpc) is 3.08. The second kappa shape index (κ2) is 6.85. The molecule has 2 rings (SSSR count). The summed E-state index contributed by atoms with van der Waals surface area (Å²) in [5.74, 6) is -2.26. The number of hydrogen-bond acceptors (Lipinski definition) is 7. The van der Waals surface area contributed by atoms with Gasteiger partial charge in [0.05, 0.1) is 7.11 Å². The van der Waals surface area contributed by atoms with Crippen molar-refractivity contribution in [2.45, 2.75) is 44.2 Å². The topological polar surface area (TPSA) is 131 Å². The van der Waals surface area contributed by atoms with Gasteiger partial charge in [-0.25, -0.2) is 9.59 Å². The van der Waals surface area contributed by atoms with Gasteiger partial charge in [-0.1, -0.05) is 12.8 Å². The van der Waals surface area contributed by atoms with Crippen molar-refractivity contribution in [3.63, 3.8) is 0 Å². The molecule has 132 valence electrons. The first-order valence-corrected chi connectivity index (χ1v) is 7.51. The van der Waals surface area contributed by atoms with Gasteiger partial charge in [0.1, 0.15) is 12.1 Å². The van der Waals surface area contributed by atoms with E-state index in [1.165, 1.54) is 6.92 Å². The monoisotopic (exact) mass is 341 g/mol. The van der Waals surface area contributed by atoms with E-state index in [9.17, 15) is 24.0 Å². The molecule has 1 spiro atoms. The summed E-state index contributed by atoms with van der Waals surface area (Å²) >= 11 is 0. The second-order valence-corrected chi connectivity index (χ2v) is 5.72. The lowest BCUT2D eigenvalue weighted by atomic mass is 9.98. The molecule has 0 radical (unpaired) electrons. The molecular formula is C14H19N3O7. The molecule has 0 aromatic carbocycles. The van der Waals surface area contributed by atoms with Gasteiger partial charge in [-0.3, -0.25) is 24.6 Å². The zero-order chi connectivity index (χ0) is 17.9. The summed E-state index contributed by atoms with van der Waals surface area (Å²) in [6, 6.07) is -0.648. The van der Waals surface area contributed by atoms with E-state index in [4.69, 9.17) is 4.74 Å². The van der Waals surface area contributed by atoms with Crippen molar-refractivity contribution in [1.82, 2.24) is 15.5 Å².